The molecule has 8 heteroatoms. The number of fused-ring (bicyclic) bond motifs is 3. The Kier molecular flexibility index (Phi) is 2.06. The van der Waals surface area contributed by atoms with Crippen molar-refractivity contribution in [2.45, 2.75) is 19.1 Å². The number of aromatic nitrogens is 6. The molecule has 0 aliphatic heterocycles. The van der Waals surface area contributed by atoms with Crippen LogP contribution in [0.15, 0.2) is 12.7 Å². The molecule has 0 fully saturated rings. The average molecular weight is 233 g/mol. The molecule has 4 N–H and O–H groups in total. The Labute approximate surface area is 95.5 Å². The predicted molar refractivity (Wildman–Crippen MR) is 59.0 cm³/mol. The number of hydrogen-bond acceptors (Lipinski definition) is 6. The number of hydrogen-bond donors (Lipinski definition) is 3. The molecule has 2 unspecified atom stereocenters. The molecule has 3 aromatic rings. The van der Waals surface area contributed by atoms with Gasteiger partial charge in [-0.15, -0.1) is 10.2 Å². The van der Waals surface area contributed by atoms with Crippen LogP contribution in [0.1, 0.15) is 18.8 Å². The second-order valence-corrected chi connectivity index (χ2v) is 3.86. The summed E-state index contributed by atoms with van der Waals surface area (Å²) in [5, 5.41) is 17.5. The van der Waals surface area contributed by atoms with Crippen LogP contribution in [0.5, 0.6) is 0 Å². The van der Waals surface area contributed by atoms with Crippen LogP contribution < -0.4 is 5.73 Å². The third kappa shape index (κ3) is 1.38. The van der Waals surface area contributed by atoms with E-state index in [1.807, 2.05) is 0 Å². The lowest BCUT2D eigenvalue weighted by atomic mass is 10.2. The smallest absolute Gasteiger partial charge is 0.189 e. The van der Waals surface area contributed by atoms with Gasteiger partial charge in [-0.25, -0.2) is 9.97 Å². The van der Waals surface area contributed by atoms with Gasteiger partial charge in [0.05, 0.1) is 18.5 Å². The number of nitrogens with two attached hydrogens (primary N) is 1. The third-order valence-corrected chi connectivity index (χ3v) is 2.68. The zero-order valence-corrected chi connectivity index (χ0v) is 9.07. The molecule has 3 heterocycles. The Bertz CT molecular complexity index is 670. The van der Waals surface area contributed by atoms with Crippen molar-refractivity contribution in [3.63, 3.8) is 0 Å². The number of imidazole rings is 1. The highest BCUT2D eigenvalue weighted by Crippen LogP contribution is 2.17. The zero-order valence-electron chi connectivity index (χ0n) is 9.07. The molecule has 0 aliphatic rings. The third-order valence-electron chi connectivity index (χ3n) is 2.68. The van der Waals surface area contributed by atoms with Crippen LogP contribution in [0.3, 0.4) is 0 Å². The first-order valence-corrected chi connectivity index (χ1v) is 5.15. The van der Waals surface area contributed by atoms with Crippen LogP contribution in [0.2, 0.25) is 0 Å². The van der Waals surface area contributed by atoms with Crippen molar-refractivity contribution in [3.8, 4) is 0 Å². The first-order chi connectivity index (χ1) is 8.18. The topological polar surface area (TPSA) is 118 Å². The maximum absolute atomic E-state index is 9.48. The normalized spacial score (nSPS) is 15.5. The summed E-state index contributed by atoms with van der Waals surface area (Å²) in [6, 6.07) is -0.604. The van der Waals surface area contributed by atoms with E-state index in [0.717, 1.165) is 0 Å². The minimum Gasteiger partial charge on any atom is -0.391 e. The Hall–Kier alpha value is -2.06. The van der Waals surface area contributed by atoms with E-state index in [4.69, 9.17) is 5.73 Å². The van der Waals surface area contributed by atoms with E-state index in [1.165, 1.54) is 0 Å². The molecule has 17 heavy (non-hydrogen) atoms. The molecule has 0 saturated carbocycles. The van der Waals surface area contributed by atoms with Gasteiger partial charge in [-0.3, -0.25) is 4.40 Å². The first kappa shape index (κ1) is 10.1. The summed E-state index contributed by atoms with van der Waals surface area (Å²) < 4.78 is 1.65. The SMILES string of the molecule is CC(O)C(N)c1nnc2c3[nH]cnc3ncn12. The number of aliphatic hydroxyl groups excluding tert-OH is 1. The number of rotatable bonds is 2. The number of nitrogens with one attached hydrogen (secondary N) is 1. The molecule has 0 aliphatic carbocycles. The van der Waals surface area contributed by atoms with Crippen LogP contribution in [0.25, 0.3) is 16.8 Å². The molecule has 2 atom stereocenters. The molecule has 3 rings (SSSR count). The van der Waals surface area contributed by atoms with Gasteiger partial charge in [0.1, 0.15) is 11.8 Å². The monoisotopic (exact) mass is 233 g/mol. The lowest BCUT2D eigenvalue weighted by Gasteiger charge is -2.11. The first-order valence-electron chi connectivity index (χ1n) is 5.15. The van der Waals surface area contributed by atoms with Crippen LogP contribution in [-0.2, 0) is 0 Å². The van der Waals surface area contributed by atoms with Gasteiger partial charge in [-0.1, -0.05) is 0 Å². The van der Waals surface area contributed by atoms with E-state index in [-0.39, 0.29) is 0 Å². The summed E-state index contributed by atoms with van der Waals surface area (Å²) in [6.07, 6.45) is 2.39. The number of aliphatic hydroxyl groups is 1. The number of aromatic amines is 1. The van der Waals surface area contributed by atoms with E-state index in [2.05, 4.69) is 25.1 Å². The Morgan fingerprint density at radius 2 is 2.24 bits per heavy atom. The van der Waals surface area contributed by atoms with E-state index < -0.39 is 12.1 Å². The fourth-order valence-electron chi connectivity index (χ4n) is 1.69. The minimum atomic E-state index is -0.708. The van der Waals surface area contributed by atoms with Crippen LogP contribution in [0, 0.1) is 0 Å². The molecular weight excluding hydrogens is 222 g/mol. The van der Waals surface area contributed by atoms with Crippen LogP contribution >= 0.6 is 0 Å². The Balaban J connectivity index is 2.28. The summed E-state index contributed by atoms with van der Waals surface area (Å²) >= 11 is 0. The van der Waals surface area contributed by atoms with E-state index >= 15 is 0 Å². The lowest BCUT2D eigenvalue weighted by molar-refractivity contribution is 0.160. The maximum Gasteiger partial charge on any atom is 0.189 e. The highest BCUT2D eigenvalue weighted by Gasteiger charge is 2.20. The average Bonchev–Trinajstić information content (AvgIpc) is 2.92. The molecule has 0 radical (unpaired) electrons. The van der Waals surface area contributed by atoms with Gasteiger partial charge >= 0.3 is 0 Å². The molecular formula is C9H11N7O. The van der Waals surface area contributed by atoms with Crippen molar-refractivity contribution in [1.29, 1.82) is 0 Å². The molecule has 0 aromatic carbocycles. The molecule has 88 valence electrons. The standard InChI is InChI=1S/C9H11N7O/c1-4(17)5(10)8-14-15-9-6-7(12-2-11-6)13-3-16(8)9/h2-5,17H,10H2,1H3,(H,11,12). The fourth-order valence-corrected chi connectivity index (χ4v) is 1.69. The van der Waals surface area contributed by atoms with Gasteiger partial charge < -0.3 is 15.8 Å². The van der Waals surface area contributed by atoms with Crippen molar-refractivity contribution in [2.75, 3.05) is 0 Å². The Morgan fingerprint density at radius 1 is 1.41 bits per heavy atom. The summed E-state index contributed by atoms with van der Waals surface area (Å²) in [6.45, 7) is 1.61. The molecule has 8 nitrogen and oxygen atoms in total. The van der Waals surface area contributed by atoms with Crippen molar-refractivity contribution in [1.82, 2.24) is 29.5 Å². The van der Waals surface area contributed by atoms with Gasteiger partial charge in [0.2, 0.25) is 0 Å². The van der Waals surface area contributed by atoms with E-state index in [9.17, 15) is 5.11 Å². The quantitative estimate of drug-likeness (QED) is 0.543. The fraction of sp³-hybridized carbons (Fsp3) is 0.333. The molecule has 3 aromatic heterocycles. The van der Waals surface area contributed by atoms with Crippen molar-refractivity contribution in [2.24, 2.45) is 5.73 Å². The maximum atomic E-state index is 9.48. The number of H-pyrrole nitrogens is 1. The second kappa shape index (κ2) is 3.47. The van der Waals surface area contributed by atoms with Gasteiger partial charge in [0.25, 0.3) is 0 Å². The van der Waals surface area contributed by atoms with Crippen molar-refractivity contribution >= 4 is 16.8 Å². The largest absolute Gasteiger partial charge is 0.391 e. The molecule has 0 spiro atoms. The van der Waals surface area contributed by atoms with Crippen molar-refractivity contribution in [3.05, 3.63) is 18.5 Å². The lowest BCUT2D eigenvalue weighted by Crippen LogP contribution is -2.25. The predicted octanol–water partition coefficient (Wildman–Crippen LogP) is -0.619. The van der Waals surface area contributed by atoms with Gasteiger partial charge in [0, 0.05) is 0 Å². The molecule has 0 bridgehead atoms. The van der Waals surface area contributed by atoms with E-state index in [1.54, 1.807) is 24.0 Å². The van der Waals surface area contributed by atoms with Crippen molar-refractivity contribution < 1.29 is 5.11 Å². The van der Waals surface area contributed by atoms with Gasteiger partial charge in [-0.05, 0) is 6.92 Å². The van der Waals surface area contributed by atoms with Gasteiger partial charge in [-0.2, -0.15) is 0 Å². The highest BCUT2D eigenvalue weighted by atomic mass is 16.3. The summed E-state index contributed by atoms with van der Waals surface area (Å²) in [4.78, 5) is 11.1. The van der Waals surface area contributed by atoms with Gasteiger partial charge in [0.15, 0.2) is 17.1 Å². The second-order valence-electron chi connectivity index (χ2n) is 3.86. The number of nitrogens with zero attached hydrogens (tertiary/aromatic N) is 5. The Morgan fingerprint density at radius 3 is 3.00 bits per heavy atom. The summed E-state index contributed by atoms with van der Waals surface area (Å²) in [7, 11) is 0. The summed E-state index contributed by atoms with van der Waals surface area (Å²) in [5.41, 5.74) is 7.71. The minimum absolute atomic E-state index is 0.471. The van der Waals surface area contributed by atoms with Crippen LogP contribution in [-0.4, -0.2) is 40.8 Å². The van der Waals surface area contributed by atoms with Crippen LogP contribution in [0.4, 0.5) is 0 Å². The molecule has 0 saturated heterocycles. The highest BCUT2D eigenvalue weighted by molar-refractivity contribution is 5.84. The summed E-state index contributed by atoms with van der Waals surface area (Å²) in [5.74, 6) is 0.471. The zero-order chi connectivity index (χ0) is 12.0. The molecule has 0 amide bonds. The van der Waals surface area contributed by atoms with E-state index in [0.29, 0.717) is 22.6 Å².